The molecule has 1 atom stereocenters. The zero-order valence-electron chi connectivity index (χ0n) is 10.7. The van der Waals surface area contributed by atoms with Gasteiger partial charge in [0.2, 0.25) is 0 Å². The van der Waals surface area contributed by atoms with E-state index in [0.717, 1.165) is 26.3 Å². The van der Waals surface area contributed by atoms with Gasteiger partial charge in [-0.05, 0) is 20.9 Å². The molecule has 0 aliphatic rings. The monoisotopic (exact) mass is 218 g/mol. The highest BCUT2D eigenvalue weighted by molar-refractivity contribution is 4.72. The van der Waals surface area contributed by atoms with Crippen LogP contribution in [0.5, 0.6) is 0 Å². The fourth-order valence-electron chi connectivity index (χ4n) is 1.48. The molecule has 0 aliphatic heterocycles. The third-order valence-corrected chi connectivity index (χ3v) is 2.54. The summed E-state index contributed by atoms with van der Waals surface area (Å²) < 4.78 is 10.3. The van der Waals surface area contributed by atoms with Gasteiger partial charge in [-0.15, -0.1) is 0 Å². The Morgan fingerprint density at radius 1 is 1.20 bits per heavy atom. The number of likely N-dealkylation sites (N-methyl/N-ethyl adjacent to an activating group) is 1. The maximum atomic E-state index is 5.16. The summed E-state index contributed by atoms with van der Waals surface area (Å²) in [6.45, 7) is 7.89. The first-order valence-electron chi connectivity index (χ1n) is 5.54. The molecule has 1 N–H and O–H groups in total. The van der Waals surface area contributed by atoms with Crippen molar-refractivity contribution in [3.63, 3.8) is 0 Å². The van der Waals surface area contributed by atoms with E-state index >= 15 is 0 Å². The van der Waals surface area contributed by atoms with Gasteiger partial charge >= 0.3 is 0 Å². The van der Waals surface area contributed by atoms with Crippen LogP contribution in [0.15, 0.2) is 0 Å². The topological polar surface area (TPSA) is 33.7 Å². The summed E-state index contributed by atoms with van der Waals surface area (Å²) in [7, 11) is 5.45. The Balaban J connectivity index is 4.00. The van der Waals surface area contributed by atoms with Crippen molar-refractivity contribution in [1.29, 1.82) is 0 Å². The summed E-state index contributed by atoms with van der Waals surface area (Å²) in [6, 6.07) is 0.919. The number of methoxy groups -OCH3 is 2. The van der Waals surface area contributed by atoms with Gasteiger partial charge in [-0.25, -0.2) is 0 Å². The first-order chi connectivity index (χ1) is 7.15. The van der Waals surface area contributed by atoms with Crippen LogP contribution < -0.4 is 5.32 Å². The fraction of sp³-hybridized carbons (Fsp3) is 1.00. The van der Waals surface area contributed by atoms with Gasteiger partial charge in [0.15, 0.2) is 0 Å². The average molecular weight is 218 g/mol. The summed E-state index contributed by atoms with van der Waals surface area (Å²) in [5.74, 6) is 0. The first kappa shape index (κ1) is 14.8. The second kappa shape index (κ2) is 9.09. The standard InChI is InChI=1S/C11H26N2O2/c1-10(2)13(6-7-14-4)8-11(12-3)9-15-5/h10-12H,6-9H2,1-5H3. The molecule has 0 amide bonds. The van der Waals surface area contributed by atoms with Crippen molar-refractivity contribution in [3.8, 4) is 0 Å². The largest absolute Gasteiger partial charge is 0.383 e. The molecule has 0 aromatic heterocycles. The minimum Gasteiger partial charge on any atom is -0.383 e. The molecule has 0 rings (SSSR count). The van der Waals surface area contributed by atoms with E-state index < -0.39 is 0 Å². The molecule has 0 spiro atoms. The van der Waals surface area contributed by atoms with Gasteiger partial charge in [-0.1, -0.05) is 0 Å². The van der Waals surface area contributed by atoms with Crippen LogP contribution in [0.3, 0.4) is 0 Å². The predicted molar refractivity (Wildman–Crippen MR) is 63.3 cm³/mol. The molecular weight excluding hydrogens is 192 g/mol. The van der Waals surface area contributed by atoms with E-state index in [0.29, 0.717) is 12.1 Å². The minimum absolute atomic E-state index is 0.384. The highest BCUT2D eigenvalue weighted by Crippen LogP contribution is 2.00. The van der Waals surface area contributed by atoms with E-state index in [4.69, 9.17) is 9.47 Å². The van der Waals surface area contributed by atoms with Crippen molar-refractivity contribution in [2.75, 3.05) is 47.6 Å². The van der Waals surface area contributed by atoms with Crippen molar-refractivity contribution in [3.05, 3.63) is 0 Å². The molecule has 0 aromatic rings. The zero-order valence-corrected chi connectivity index (χ0v) is 10.7. The Bertz CT molecular complexity index is 143. The highest BCUT2D eigenvalue weighted by atomic mass is 16.5. The molecule has 4 heteroatoms. The second-order valence-electron chi connectivity index (χ2n) is 4.02. The number of nitrogens with one attached hydrogen (secondary N) is 1. The Morgan fingerprint density at radius 2 is 1.87 bits per heavy atom. The Morgan fingerprint density at radius 3 is 2.27 bits per heavy atom. The molecule has 0 bridgehead atoms. The predicted octanol–water partition coefficient (Wildman–Crippen LogP) is 0.578. The summed E-state index contributed by atoms with van der Waals surface area (Å²) in [5, 5.41) is 3.26. The van der Waals surface area contributed by atoms with Gasteiger partial charge < -0.3 is 14.8 Å². The van der Waals surface area contributed by atoms with Crippen molar-refractivity contribution >= 4 is 0 Å². The van der Waals surface area contributed by atoms with Gasteiger partial charge in [0.05, 0.1) is 13.2 Å². The van der Waals surface area contributed by atoms with Gasteiger partial charge in [0, 0.05) is 39.4 Å². The fourth-order valence-corrected chi connectivity index (χ4v) is 1.48. The number of nitrogens with zero attached hydrogens (tertiary/aromatic N) is 1. The Labute approximate surface area is 93.9 Å². The van der Waals surface area contributed by atoms with Gasteiger partial charge in [-0.3, -0.25) is 4.90 Å². The Hall–Kier alpha value is -0.160. The SMILES string of the molecule is CNC(COC)CN(CCOC)C(C)C. The molecule has 0 aromatic carbocycles. The van der Waals surface area contributed by atoms with Crippen LogP contribution in [0.4, 0.5) is 0 Å². The van der Waals surface area contributed by atoms with Crippen LogP contribution in [0.2, 0.25) is 0 Å². The molecule has 0 aliphatic carbocycles. The quantitative estimate of drug-likeness (QED) is 0.614. The third kappa shape index (κ3) is 6.84. The molecular formula is C11H26N2O2. The third-order valence-electron chi connectivity index (χ3n) is 2.54. The van der Waals surface area contributed by atoms with Gasteiger partial charge in [0.25, 0.3) is 0 Å². The molecule has 0 heterocycles. The van der Waals surface area contributed by atoms with Gasteiger partial charge in [0.1, 0.15) is 0 Å². The van der Waals surface area contributed by atoms with Crippen molar-refractivity contribution < 1.29 is 9.47 Å². The van der Waals surface area contributed by atoms with Gasteiger partial charge in [-0.2, -0.15) is 0 Å². The smallest absolute Gasteiger partial charge is 0.0628 e. The van der Waals surface area contributed by atoms with E-state index in [2.05, 4.69) is 24.1 Å². The molecule has 0 fully saturated rings. The lowest BCUT2D eigenvalue weighted by Gasteiger charge is -2.30. The Kier molecular flexibility index (Phi) is 9.00. The van der Waals surface area contributed by atoms with Crippen LogP contribution >= 0.6 is 0 Å². The van der Waals surface area contributed by atoms with Crippen LogP contribution in [0.1, 0.15) is 13.8 Å². The van der Waals surface area contributed by atoms with E-state index in [1.165, 1.54) is 0 Å². The van der Waals surface area contributed by atoms with E-state index in [9.17, 15) is 0 Å². The number of rotatable bonds is 9. The number of hydrogen-bond acceptors (Lipinski definition) is 4. The van der Waals surface area contributed by atoms with Crippen molar-refractivity contribution in [2.45, 2.75) is 25.9 Å². The minimum atomic E-state index is 0.384. The molecule has 4 nitrogen and oxygen atoms in total. The van der Waals surface area contributed by atoms with E-state index in [-0.39, 0.29) is 0 Å². The maximum absolute atomic E-state index is 5.16. The van der Waals surface area contributed by atoms with Crippen LogP contribution in [0.25, 0.3) is 0 Å². The van der Waals surface area contributed by atoms with Crippen molar-refractivity contribution in [2.24, 2.45) is 0 Å². The lowest BCUT2D eigenvalue weighted by molar-refractivity contribution is 0.0996. The summed E-state index contributed by atoms with van der Waals surface area (Å²) in [6.07, 6.45) is 0. The maximum Gasteiger partial charge on any atom is 0.0628 e. The van der Waals surface area contributed by atoms with Crippen LogP contribution in [0, 0.1) is 0 Å². The summed E-state index contributed by atoms with van der Waals surface area (Å²) >= 11 is 0. The van der Waals surface area contributed by atoms with E-state index in [1.54, 1.807) is 14.2 Å². The lowest BCUT2D eigenvalue weighted by Crippen LogP contribution is -2.46. The highest BCUT2D eigenvalue weighted by Gasteiger charge is 2.14. The number of hydrogen-bond donors (Lipinski definition) is 1. The average Bonchev–Trinajstić information content (AvgIpc) is 2.22. The van der Waals surface area contributed by atoms with Crippen LogP contribution in [-0.4, -0.2) is 64.6 Å². The molecule has 0 saturated carbocycles. The normalized spacial score (nSPS) is 13.8. The lowest BCUT2D eigenvalue weighted by atomic mass is 10.2. The van der Waals surface area contributed by atoms with Crippen molar-refractivity contribution in [1.82, 2.24) is 10.2 Å². The molecule has 92 valence electrons. The summed E-state index contributed by atoms with van der Waals surface area (Å²) in [4.78, 5) is 2.39. The molecule has 0 radical (unpaired) electrons. The molecule has 1 unspecified atom stereocenters. The zero-order chi connectivity index (χ0) is 11.7. The molecule has 0 saturated heterocycles. The number of ether oxygens (including phenoxy) is 2. The van der Waals surface area contributed by atoms with Crippen LogP contribution in [-0.2, 0) is 9.47 Å². The second-order valence-corrected chi connectivity index (χ2v) is 4.02. The summed E-state index contributed by atoms with van der Waals surface area (Å²) in [5.41, 5.74) is 0. The van der Waals surface area contributed by atoms with E-state index in [1.807, 2.05) is 7.05 Å². The first-order valence-corrected chi connectivity index (χ1v) is 5.54. The molecule has 15 heavy (non-hydrogen) atoms.